The number of benzene rings is 1. The highest BCUT2D eigenvalue weighted by atomic mass is 15.1. The SMILES string of the molecule is c1ccc(CCCN2CCC[C@@]3(CCNC3)C2)cc1. The van der Waals surface area contributed by atoms with Crippen LogP contribution in [0.3, 0.4) is 0 Å². The minimum absolute atomic E-state index is 0.616. The molecule has 2 nitrogen and oxygen atoms in total. The van der Waals surface area contributed by atoms with Crippen molar-refractivity contribution in [2.24, 2.45) is 5.41 Å². The Kier molecular flexibility index (Phi) is 4.19. The van der Waals surface area contributed by atoms with Crippen molar-refractivity contribution in [1.82, 2.24) is 10.2 Å². The van der Waals surface area contributed by atoms with Crippen molar-refractivity contribution < 1.29 is 0 Å². The molecule has 0 amide bonds. The Hall–Kier alpha value is -0.860. The zero-order valence-electron chi connectivity index (χ0n) is 11.9. The summed E-state index contributed by atoms with van der Waals surface area (Å²) >= 11 is 0. The van der Waals surface area contributed by atoms with E-state index in [2.05, 4.69) is 40.5 Å². The van der Waals surface area contributed by atoms with E-state index in [1.807, 2.05) is 0 Å². The predicted molar refractivity (Wildman–Crippen MR) is 80.4 cm³/mol. The van der Waals surface area contributed by atoms with Crippen LogP contribution in [0.4, 0.5) is 0 Å². The van der Waals surface area contributed by atoms with E-state index in [-0.39, 0.29) is 0 Å². The fourth-order valence-electron chi connectivity index (χ4n) is 3.80. The Morgan fingerprint density at radius 3 is 2.84 bits per heavy atom. The third kappa shape index (κ3) is 3.37. The second-order valence-electron chi connectivity index (χ2n) is 6.40. The van der Waals surface area contributed by atoms with Gasteiger partial charge in [0.2, 0.25) is 0 Å². The van der Waals surface area contributed by atoms with Crippen molar-refractivity contribution in [1.29, 1.82) is 0 Å². The smallest absolute Gasteiger partial charge is 0.00506 e. The Bertz CT molecular complexity index is 382. The summed E-state index contributed by atoms with van der Waals surface area (Å²) in [7, 11) is 0. The maximum absolute atomic E-state index is 3.56. The molecule has 1 aromatic carbocycles. The Balaban J connectivity index is 1.45. The summed E-state index contributed by atoms with van der Waals surface area (Å²) < 4.78 is 0. The molecule has 19 heavy (non-hydrogen) atoms. The van der Waals surface area contributed by atoms with Crippen LogP contribution < -0.4 is 5.32 Å². The van der Waals surface area contributed by atoms with E-state index in [0.29, 0.717) is 5.41 Å². The van der Waals surface area contributed by atoms with E-state index >= 15 is 0 Å². The van der Waals surface area contributed by atoms with Crippen molar-refractivity contribution in [2.45, 2.75) is 32.1 Å². The number of nitrogens with one attached hydrogen (secondary N) is 1. The first-order valence-electron chi connectivity index (χ1n) is 7.83. The second kappa shape index (κ2) is 6.06. The minimum atomic E-state index is 0.616. The van der Waals surface area contributed by atoms with Gasteiger partial charge >= 0.3 is 0 Å². The summed E-state index contributed by atoms with van der Waals surface area (Å²) in [5.41, 5.74) is 2.10. The number of piperidine rings is 1. The van der Waals surface area contributed by atoms with Crippen LogP contribution in [-0.2, 0) is 6.42 Å². The summed E-state index contributed by atoms with van der Waals surface area (Å²) in [5, 5.41) is 3.56. The molecule has 2 fully saturated rings. The van der Waals surface area contributed by atoms with E-state index in [1.165, 1.54) is 70.4 Å². The average molecular weight is 258 g/mol. The van der Waals surface area contributed by atoms with Crippen molar-refractivity contribution >= 4 is 0 Å². The number of hydrogen-bond donors (Lipinski definition) is 1. The number of aryl methyl sites for hydroxylation is 1. The molecule has 2 heterocycles. The van der Waals surface area contributed by atoms with Crippen LogP contribution in [0.2, 0.25) is 0 Å². The molecule has 3 rings (SSSR count). The highest BCUT2D eigenvalue weighted by Crippen LogP contribution is 2.35. The topological polar surface area (TPSA) is 15.3 Å². The molecule has 0 aliphatic carbocycles. The summed E-state index contributed by atoms with van der Waals surface area (Å²) in [5.74, 6) is 0. The van der Waals surface area contributed by atoms with E-state index in [1.54, 1.807) is 0 Å². The summed E-state index contributed by atoms with van der Waals surface area (Å²) in [4.78, 5) is 2.71. The Morgan fingerprint density at radius 1 is 1.16 bits per heavy atom. The van der Waals surface area contributed by atoms with Gasteiger partial charge in [0.05, 0.1) is 0 Å². The van der Waals surface area contributed by atoms with Gasteiger partial charge in [0.1, 0.15) is 0 Å². The lowest BCUT2D eigenvalue weighted by atomic mass is 9.79. The van der Waals surface area contributed by atoms with Gasteiger partial charge in [0.15, 0.2) is 0 Å². The monoisotopic (exact) mass is 258 g/mol. The molecule has 0 unspecified atom stereocenters. The average Bonchev–Trinajstić information content (AvgIpc) is 2.88. The van der Waals surface area contributed by atoms with Crippen molar-refractivity contribution in [3.8, 4) is 0 Å². The molecule has 1 spiro atoms. The third-order valence-corrected chi connectivity index (χ3v) is 4.86. The van der Waals surface area contributed by atoms with Crippen LogP contribution in [0.1, 0.15) is 31.2 Å². The van der Waals surface area contributed by atoms with Gasteiger partial charge in [-0.05, 0) is 62.7 Å². The van der Waals surface area contributed by atoms with Gasteiger partial charge in [-0.1, -0.05) is 30.3 Å². The van der Waals surface area contributed by atoms with Crippen LogP contribution in [0.25, 0.3) is 0 Å². The Labute approximate surface area is 117 Å². The van der Waals surface area contributed by atoms with Gasteiger partial charge in [0, 0.05) is 13.1 Å². The largest absolute Gasteiger partial charge is 0.316 e. The highest BCUT2D eigenvalue weighted by molar-refractivity contribution is 5.14. The van der Waals surface area contributed by atoms with Crippen LogP contribution in [0, 0.1) is 5.41 Å². The van der Waals surface area contributed by atoms with Crippen molar-refractivity contribution in [2.75, 3.05) is 32.7 Å². The zero-order chi connectivity index (χ0) is 13.0. The number of hydrogen-bond acceptors (Lipinski definition) is 2. The lowest BCUT2D eigenvalue weighted by molar-refractivity contribution is 0.103. The summed E-state index contributed by atoms with van der Waals surface area (Å²) in [6, 6.07) is 10.9. The fraction of sp³-hybridized carbons (Fsp3) is 0.647. The minimum Gasteiger partial charge on any atom is -0.316 e. The summed E-state index contributed by atoms with van der Waals surface area (Å²) in [6.45, 7) is 6.40. The van der Waals surface area contributed by atoms with E-state index in [0.717, 1.165) is 0 Å². The number of rotatable bonds is 4. The molecule has 0 aromatic heterocycles. The predicted octanol–water partition coefficient (Wildman–Crippen LogP) is 2.69. The van der Waals surface area contributed by atoms with Gasteiger partial charge in [-0.2, -0.15) is 0 Å². The van der Waals surface area contributed by atoms with Crippen molar-refractivity contribution in [3.05, 3.63) is 35.9 Å². The molecule has 2 aliphatic rings. The molecule has 2 saturated heterocycles. The molecule has 1 atom stereocenters. The molecule has 2 heteroatoms. The second-order valence-corrected chi connectivity index (χ2v) is 6.40. The van der Waals surface area contributed by atoms with E-state index < -0.39 is 0 Å². The van der Waals surface area contributed by atoms with Crippen LogP contribution in [-0.4, -0.2) is 37.6 Å². The third-order valence-electron chi connectivity index (χ3n) is 4.86. The quantitative estimate of drug-likeness (QED) is 0.893. The Morgan fingerprint density at radius 2 is 2.05 bits per heavy atom. The molecule has 0 saturated carbocycles. The highest BCUT2D eigenvalue weighted by Gasteiger charge is 2.37. The lowest BCUT2D eigenvalue weighted by Crippen LogP contribution is -2.44. The van der Waals surface area contributed by atoms with Gasteiger partial charge < -0.3 is 10.2 Å². The molecule has 104 valence electrons. The zero-order valence-corrected chi connectivity index (χ0v) is 11.9. The number of likely N-dealkylation sites (tertiary alicyclic amines) is 1. The molecular weight excluding hydrogens is 232 g/mol. The molecule has 0 radical (unpaired) electrons. The van der Waals surface area contributed by atoms with Gasteiger partial charge in [-0.25, -0.2) is 0 Å². The molecule has 2 aliphatic heterocycles. The molecule has 0 bridgehead atoms. The van der Waals surface area contributed by atoms with Crippen molar-refractivity contribution in [3.63, 3.8) is 0 Å². The first-order chi connectivity index (χ1) is 9.36. The van der Waals surface area contributed by atoms with E-state index in [9.17, 15) is 0 Å². The van der Waals surface area contributed by atoms with Gasteiger partial charge in [-0.15, -0.1) is 0 Å². The maximum Gasteiger partial charge on any atom is 0.00506 e. The maximum atomic E-state index is 3.56. The standard InChI is InChI=1S/C17H26N2/c1-2-6-16(7-3-1)8-4-12-19-13-5-9-17(15-19)10-11-18-14-17/h1-3,6-7,18H,4-5,8-15H2/t17-/m0/s1. The van der Waals surface area contributed by atoms with Gasteiger partial charge in [-0.3, -0.25) is 0 Å². The van der Waals surface area contributed by atoms with Crippen LogP contribution in [0.15, 0.2) is 30.3 Å². The van der Waals surface area contributed by atoms with Gasteiger partial charge in [0.25, 0.3) is 0 Å². The van der Waals surface area contributed by atoms with Crippen LogP contribution >= 0.6 is 0 Å². The molecule has 1 aromatic rings. The van der Waals surface area contributed by atoms with E-state index in [4.69, 9.17) is 0 Å². The van der Waals surface area contributed by atoms with Crippen LogP contribution in [0.5, 0.6) is 0 Å². The lowest BCUT2D eigenvalue weighted by Gasteiger charge is -2.40. The first-order valence-corrected chi connectivity index (χ1v) is 7.83. The fourth-order valence-corrected chi connectivity index (χ4v) is 3.80. The first kappa shape index (κ1) is 13.1. The molecular formula is C17H26N2. The normalized spacial score (nSPS) is 28.0. The number of nitrogens with zero attached hydrogens (tertiary/aromatic N) is 1. The summed E-state index contributed by atoms with van der Waals surface area (Å²) in [6.07, 6.45) is 6.75. The molecule has 1 N–H and O–H groups in total.